The lowest BCUT2D eigenvalue weighted by molar-refractivity contribution is -0.137. The molecule has 3 nitrogen and oxygen atoms in total. The first-order valence-corrected chi connectivity index (χ1v) is 4.95. The van der Waals surface area contributed by atoms with Gasteiger partial charge in [-0.25, -0.2) is 0 Å². The molecular weight excluding hydrogens is 209 g/mol. The molecule has 0 spiro atoms. The minimum Gasteiger partial charge on any atom is -0.356 e. The molecule has 1 fully saturated rings. The summed E-state index contributed by atoms with van der Waals surface area (Å²) in [6, 6.07) is 0. The van der Waals surface area contributed by atoms with Gasteiger partial charge in [-0.2, -0.15) is 13.2 Å². The third-order valence-corrected chi connectivity index (χ3v) is 2.64. The average Bonchev–Trinajstić information content (AvgIpc) is 1.98. The first-order chi connectivity index (χ1) is 6.90. The van der Waals surface area contributed by atoms with E-state index in [1.54, 1.807) is 6.92 Å². The van der Waals surface area contributed by atoms with E-state index in [0.29, 0.717) is 0 Å². The van der Waals surface area contributed by atoms with Crippen LogP contribution in [0.4, 0.5) is 13.2 Å². The molecule has 1 aliphatic rings. The van der Waals surface area contributed by atoms with Crippen LogP contribution in [0.5, 0.6) is 0 Å². The van der Waals surface area contributed by atoms with Crippen molar-refractivity contribution in [3.8, 4) is 0 Å². The van der Waals surface area contributed by atoms with Gasteiger partial charge in [0.1, 0.15) is 0 Å². The van der Waals surface area contributed by atoms with Gasteiger partial charge >= 0.3 is 6.18 Å². The quantitative estimate of drug-likeness (QED) is 0.745. The Bertz CT molecular complexity index is 226. The highest BCUT2D eigenvalue weighted by Gasteiger charge is 2.30. The summed E-state index contributed by atoms with van der Waals surface area (Å²) < 4.78 is 35.3. The van der Waals surface area contributed by atoms with Crippen LogP contribution < -0.4 is 10.6 Å². The van der Waals surface area contributed by atoms with E-state index in [9.17, 15) is 18.0 Å². The van der Waals surface area contributed by atoms with Crippen molar-refractivity contribution >= 4 is 5.91 Å². The molecule has 2 N–H and O–H groups in total. The van der Waals surface area contributed by atoms with E-state index in [0.717, 1.165) is 13.1 Å². The maximum atomic E-state index is 11.8. The molecule has 6 heteroatoms. The van der Waals surface area contributed by atoms with Crippen molar-refractivity contribution in [2.24, 2.45) is 11.8 Å². The van der Waals surface area contributed by atoms with Crippen LogP contribution in [-0.4, -0.2) is 31.7 Å². The molecule has 1 rings (SSSR count). The number of hydrogen-bond acceptors (Lipinski definition) is 2. The minimum atomic E-state index is -4.20. The summed E-state index contributed by atoms with van der Waals surface area (Å²) >= 11 is 0. The Morgan fingerprint density at radius 2 is 2.13 bits per heavy atom. The summed E-state index contributed by atoms with van der Waals surface area (Å²) in [6.07, 6.45) is -5.16. The van der Waals surface area contributed by atoms with Crippen molar-refractivity contribution in [2.75, 3.05) is 19.6 Å². The molecule has 1 atom stereocenters. The largest absolute Gasteiger partial charge is 0.390 e. The van der Waals surface area contributed by atoms with E-state index >= 15 is 0 Å². The molecule has 1 amide bonds. The van der Waals surface area contributed by atoms with Gasteiger partial charge in [0.25, 0.3) is 0 Å². The van der Waals surface area contributed by atoms with E-state index in [1.807, 2.05) is 0 Å². The Labute approximate surface area is 86.4 Å². The molecule has 0 saturated carbocycles. The number of carbonyl (C=O) groups is 1. The number of amides is 1. The summed E-state index contributed by atoms with van der Waals surface area (Å²) in [6.45, 7) is 2.96. The molecule has 1 aliphatic heterocycles. The molecule has 15 heavy (non-hydrogen) atoms. The highest BCUT2D eigenvalue weighted by Crippen LogP contribution is 2.19. The Kier molecular flexibility index (Phi) is 3.96. The van der Waals surface area contributed by atoms with Crippen LogP contribution in [0.2, 0.25) is 0 Å². The maximum Gasteiger partial charge on any atom is 0.390 e. The van der Waals surface area contributed by atoms with Crippen LogP contribution in [0, 0.1) is 11.8 Å². The van der Waals surface area contributed by atoms with Crippen LogP contribution in [0.1, 0.15) is 13.3 Å². The Morgan fingerprint density at radius 3 is 2.53 bits per heavy atom. The molecule has 0 aromatic carbocycles. The fourth-order valence-corrected chi connectivity index (χ4v) is 1.37. The van der Waals surface area contributed by atoms with E-state index in [1.165, 1.54) is 0 Å². The standard InChI is InChI=1S/C9H15F3N2O/c1-6(7-4-13-5-7)8(15)14-3-2-9(10,11)12/h6-7,13H,2-5H2,1H3,(H,14,15). The monoisotopic (exact) mass is 224 g/mol. The van der Waals surface area contributed by atoms with Crippen LogP contribution in [0.15, 0.2) is 0 Å². The summed E-state index contributed by atoms with van der Waals surface area (Å²) in [5, 5.41) is 5.32. The first-order valence-electron chi connectivity index (χ1n) is 4.95. The lowest BCUT2D eigenvalue weighted by Gasteiger charge is -2.31. The van der Waals surface area contributed by atoms with Gasteiger partial charge in [0.15, 0.2) is 0 Å². The van der Waals surface area contributed by atoms with Crippen LogP contribution in [-0.2, 0) is 4.79 Å². The van der Waals surface area contributed by atoms with Gasteiger partial charge in [-0.05, 0) is 19.0 Å². The molecule has 0 radical (unpaired) electrons. The summed E-state index contributed by atoms with van der Waals surface area (Å²) in [5.74, 6) is -0.235. The van der Waals surface area contributed by atoms with Gasteiger partial charge in [-0.15, -0.1) is 0 Å². The Balaban J connectivity index is 2.17. The van der Waals surface area contributed by atoms with E-state index in [-0.39, 0.29) is 24.3 Å². The number of rotatable bonds is 4. The summed E-state index contributed by atoms with van der Waals surface area (Å²) in [7, 11) is 0. The highest BCUT2D eigenvalue weighted by molar-refractivity contribution is 5.78. The number of carbonyl (C=O) groups excluding carboxylic acids is 1. The predicted octanol–water partition coefficient (Wildman–Crippen LogP) is 0.910. The lowest BCUT2D eigenvalue weighted by Crippen LogP contribution is -2.49. The fraction of sp³-hybridized carbons (Fsp3) is 0.889. The zero-order valence-corrected chi connectivity index (χ0v) is 8.53. The van der Waals surface area contributed by atoms with Crippen molar-refractivity contribution in [1.82, 2.24) is 10.6 Å². The molecule has 1 unspecified atom stereocenters. The second-order valence-electron chi connectivity index (χ2n) is 3.86. The van der Waals surface area contributed by atoms with Gasteiger partial charge in [0, 0.05) is 12.5 Å². The number of alkyl halides is 3. The molecule has 88 valence electrons. The highest BCUT2D eigenvalue weighted by atomic mass is 19.4. The molecule has 1 saturated heterocycles. The third kappa shape index (κ3) is 4.07. The van der Waals surface area contributed by atoms with Gasteiger partial charge in [0.05, 0.1) is 6.42 Å². The molecular formula is C9H15F3N2O. The lowest BCUT2D eigenvalue weighted by atomic mass is 9.88. The number of nitrogens with one attached hydrogen (secondary N) is 2. The molecule has 0 aromatic rings. The van der Waals surface area contributed by atoms with Gasteiger partial charge in [-0.3, -0.25) is 4.79 Å². The third-order valence-electron chi connectivity index (χ3n) is 2.64. The fourth-order valence-electron chi connectivity index (χ4n) is 1.37. The maximum absolute atomic E-state index is 11.8. The van der Waals surface area contributed by atoms with Crippen LogP contribution in [0.3, 0.4) is 0 Å². The van der Waals surface area contributed by atoms with E-state index in [2.05, 4.69) is 10.6 Å². The summed E-state index contributed by atoms with van der Waals surface area (Å²) in [4.78, 5) is 11.4. The smallest absolute Gasteiger partial charge is 0.356 e. The van der Waals surface area contributed by atoms with Gasteiger partial charge in [-0.1, -0.05) is 6.92 Å². The first kappa shape index (κ1) is 12.3. The van der Waals surface area contributed by atoms with Crippen molar-refractivity contribution < 1.29 is 18.0 Å². The second kappa shape index (κ2) is 4.83. The predicted molar refractivity (Wildman–Crippen MR) is 49.2 cm³/mol. The van der Waals surface area contributed by atoms with E-state index in [4.69, 9.17) is 0 Å². The summed E-state index contributed by atoms with van der Waals surface area (Å²) in [5.41, 5.74) is 0. The van der Waals surface area contributed by atoms with Gasteiger partial charge in [0.2, 0.25) is 5.91 Å². The Morgan fingerprint density at radius 1 is 1.53 bits per heavy atom. The molecule has 0 aliphatic carbocycles. The number of halogens is 3. The Hall–Kier alpha value is -0.780. The topological polar surface area (TPSA) is 41.1 Å². The van der Waals surface area contributed by atoms with E-state index < -0.39 is 12.6 Å². The van der Waals surface area contributed by atoms with Gasteiger partial charge < -0.3 is 10.6 Å². The second-order valence-corrected chi connectivity index (χ2v) is 3.86. The van der Waals surface area contributed by atoms with Crippen LogP contribution in [0.25, 0.3) is 0 Å². The average molecular weight is 224 g/mol. The van der Waals surface area contributed by atoms with Crippen LogP contribution >= 0.6 is 0 Å². The normalized spacial score (nSPS) is 19.5. The molecule has 1 heterocycles. The number of hydrogen-bond donors (Lipinski definition) is 2. The van der Waals surface area contributed by atoms with Crippen molar-refractivity contribution in [1.29, 1.82) is 0 Å². The molecule has 0 bridgehead atoms. The van der Waals surface area contributed by atoms with Crippen molar-refractivity contribution in [3.63, 3.8) is 0 Å². The van der Waals surface area contributed by atoms with Crippen molar-refractivity contribution in [3.05, 3.63) is 0 Å². The zero-order valence-electron chi connectivity index (χ0n) is 8.53. The zero-order chi connectivity index (χ0) is 11.5. The SMILES string of the molecule is CC(C(=O)NCCC(F)(F)F)C1CNC1. The minimum absolute atomic E-state index is 0.209. The van der Waals surface area contributed by atoms with Crippen molar-refractivity contribution in [2.45, 2.75) is 19.5 Å². The molecule has 0 aromatic heterocycles.